The van der Waals surface area contributed by atoms with E-state index in [-0.39, 0.29) is 0 Å². The van der Waals surface area contributed by atoms with E-state index < -0.39 is 0 Å². The van der Waals surface area contributed by atoms with Crippen LogP contribution in [0.2, 0.25) is 0 Å². The molecular weight excluding hydrogens is 344 g/mol. The van der Waals surface area contributed by atoms with Gasteiger partial charge in [-0.25, -0.2) is 0 Å². The van der Waals surface area contributed by atoms with E-state index >= 15 is 0 Å². The number of rotatable bonds is 7. The highest BCUT2D eigenvalue weighted by atomic mass is 79.9. The molecule has 0 spiro atoms. The number of alkyl halides is 2. The highest BCUT2D eigenvalue weighted by Crippen LogP contribution is 2.31. The van der Waals surface area contributed by atoms with Gasteiger partial charge in [0.2, 0.25) is 0 Å². The number of halogens is 2. The first-order valence-electron chi connectivity index (χ1n) is 6.32. The molecule has 0 fully saturated rings. The van der Waals surface area contributed by atoms with Gasteiger partial charge >= 0.3 is 0 Å². The second-order valence-electron chi connectivity index (χ2n) is 4.59. The Kier molecular flexibility index (Phi) is 6.21. The maximum atomic E-state index is 4.62. The van der Waals surface area contributed by atoms with Crippen LogP contribution in [0.5, 0.6) is 0 Å². The Balaban J connectivity index is 2.95. The fourth-order valence-corrected chi connectivity index (χ4v) is 4.05. The lowest BCUT2D eigenvalue weighted by Crippen LogP contribution is -2.28. The number of hydrogen-bond donors (Lipinski definition) is 0. The summed E-state index contributed by atoms with van der Waals surface area (Å²) in [7, 11) is 0. The molecule has 0 aromatic carbocycles. The Hall–Kier alpha value is 0.170. The molecule has 0 aliphatic carbocycles. The van der Waals surface area contributed by atoms with Crippen LogP contribution in [0, 0.1) is 5.41 Å². The average molecular weight is 366 g/mol. The largest absolute Gasteiger partial charge is 0.270 e. The zero-order valence-electron chi connectivity index (χ0n) is 11.0. The van der Waals surface area contributed by atoms with Crippen LogP contribution in [-0.4, -0.2) is 20.4 Å². The second kappa shape index (κ2) is 6.93. The summed E-state index contributed by atoms with van der Waals surface area (Å²) in [4.78, 5) is 0. The second-order valence-corrected chi connectivity index (χ2v) is 5.72. The molecule has 98 valence electrons. The fourth-order valence-electron chi connectivity index (χ4n) is 1.93. The molecule has 0 unspecified atom stereocenters. The van der Waals surface area contributed by atoms with E-state index in [1.807, 2.05) is 0 Å². The molecule has 0 saturated heterocycles. The Bertz CT molecular complexity index is 335. The summed E-state index contributed by atoms with van der Waals surface area (Å²) in [5.41, 5.74) is 2.87. The molecule has 1 aromatic heterocycles. The predicted molar refractivity (Wildman–Crippen MR) is 81.3 cm³/mol. The van der Waals surface area contributed by atoms with Gasteiger partial charge in [-0.3, -0.25) is 4.68 Å². The highest BCUT2D eigenvalue weighted by Gasteiger charge is 2.27. The van der Waals surface area contributed by atoms with Crippen LogP contribution < -0.4 is 0 Å². The molecule has 2 nitrogen and oxygen atoms in total. The summed E-state index contributed by atoms with van der Waals surface area (Å²) >= 11 is 7.32. The van der Waals surface area contributed by atoms with Crippen molar-refractivity contribution in [3.05, 3.63) is 17.5 Å². The van der Waals surface area contributed by atoms with E-state index in [9.17, 15) is 0 Å². The van der Waals surface area contributed by atoms with Crippen molar-refractivity contribution >= 4 is 31.9 Å². The molecule has 0 radical (unpaired) electrons. The topological polar surface area (TPSA) is 17.8 Å². The van der Waals surface area contributed by atoms with Crippen molar-refractivity contribution < 1.29 is 0 Å². The van der Waals surface area contributed by atoms with Gasteiger partial charge in [0, 0.05) is 22.9 Å². The van der Waals surface area contributed by atoms with Crippen LogP contribution in [0.1, 0.15) is 38.6 Å². The molecule has 0 bridgehead atoms. The van der Waals surface area contributed by atoms with E-state index in [1.54, 1.807) is 0 Å². The van der Waals surface area contributed by atoms with Crippen LogP contribution in [0.15, 0.2) is 6.07 Å². The Morgan fingerprint density at radius 2 is 1.88 bits per heavy atom. The molecule has 1 aromatic rings. The van der Waals surface area contributed by atoms with Crippen LogP contribution in [0.3, 0.4) is 0 Å². The normalized spacial score (nSPS) is 12.1. The minimum absolute atomic E-state index is 0.304. The SMILES string of the molecule is CCc1cc(CC(CC)(CBr)CBr)n(CC)n1. The van der Waals surface area contributed by atoms with Gasteiger partial charge in [-0.05, 0) is 37.7 Å². The van der Waals surface area contributed by atoms with Crippen LogP contribution in [-0.2, 0) is 19.4 Å². The number of nitrogens with zero attached hydrogens (tertiary/aromatic N) is 2. The first-order chi connectivity index (χ1) is 8.14. The molecule has 4 heteroatoms. The van der Waals surface area contributed by atoms with E-state index in [2.05, 4.69) is 68.5 Å². The molecule has 1 heterocycles. The molecular formula is C13H22Br2N2. The lowest BCUT2D eigenvalue weighted by Gasteiger charge is -2.28. The first-order valence-corrected chi connectivity index (χ1v) is 8.56. The smallest absolute Gasteiger partial charge is 0.0624 e. The van der Waals surface area contributed by atoms with Crippen molar-refractivity contribution in [1.82, 2.24) is 9.78 Å². The molecule has 0 aliphatic heterocycles. The van der Waals surface area contributed by atoms with Crippen LogP contribution in [0.25, 0.3) is 0 Å². The van der Waals surface area contributed by atoms with Crippen molar-refractivity contribution in [3.8, 4) is 0 Å². The summed E-state index contributed by atoms with van der Waals surface area (Å²) in [6.07, 6.45) is 3.27. The zero-order valence-corrected chi connectivity index (χ0v) is 14.1. The summed E-state index contributed by atoms with van der Waals surface area (Å²) < 4.78 is 2.15. The summed E-state index contributed by atoms with van der Waals surface area (Å²) in [6.45, 7) is 7.54. The minimum atomic E-state index is 0.304. The minimum Gasteiger partial charge on any atom is -0.270 e. The molecule has 0 atom stereocenters. The lowest BCUT2D eigenvalue weighted by atomic mass is 9.85. The van der Waals surface area contributed by atoms with Gasteiger partial charge in [-0.1, -0.05) is 45.7 Å². The van der Waals surface area contributed by atoms with Crippen LogP contribution >= 0.6 is 31.9 Å². The van der Waals surface area contributed by atoms with E-state index in [1.165, 1.54) is 17.8 Å². The molecule has 1 rings (SSSR count). The number of aromatic nitrogens is 2. The number of hydrogen-bond acceptors (Lipinski definition) is 1. The van der Waals surface area contributed by atoms with Gasteiger partial charge in [0.15, 0.2) is 0 Å². The maximum Gasteiger partial charge on any atom is 0.0624 e. The van der Waals surface area contributed by atoms with Crippen molar-refractivity contribution in [1.29, 1.82) is 0 Å². The number of aryl methyl sites for hydroxylation is 2. The molecule has 17 heavy (non-hydrogen) atoms. The third kappa shape index (κ3) is 3.57. The monoisotopic (exact) mass is 364 g/mol. The predicted octanol–water partition coefficient (Wildman–Crippen LogP) is 4.19. The van der Waals surface area contributed by atoms with Crippen molar-refractivity contribution in [2.45, 2.75) is 46.6 Å². The van der Waals surface area contributed by atoms with E-state index in [0.717, 1.165) is 30.0 Å². The van der Waals surface area contributed by atoms with E-state index in [0.29, 0.717) is 5.41 Å². The van der Waals surface area contributed by atoms with Gasteiger partial charge in [-0.2, -0.15) is 5.10 Å². The molecule has 0 saturated carbocycles. The van der Waals surface area contributed by atoms with Crippen molar-refractivity contribution in [2.75, 3.05) is 10.7 Å². The van der Waals surface area contributed by atoms with Crippen LogP contribution in [0.4, 0.5) is 0 Å². The maximum absolute atomic E-state index is 4.62. The lowest BCUT2D eigenvalue weighted by molar-refractivity contribution is 0.360. The zero-order chi connectivity index (χ0) is 12.9. The van der Waals surface area contributed by atoms with Gasteiger partial charge in [0.05, 0.1) is 5.69 Å². The summed E-state index contributed by atoms with van der Waals surface area (Å²) in [5.74, 6) is 0. The summed E-state index contributed by atoms with van der Waals surface area (Å²) in [5, 5.41) is 6.67. The van der Waals surface area contributed by atoms with E-state index in [4.69, 9.17) is 0 Å². The van der Waals surface area contributed by atoms with Gasteiger partial charge < -0.3 is 0 Å². The third-order valence-corrected chi connectivity index (χ3v) is 5.83. The first kappa shape index (κ1) is 15.2. The quantitative estimate of drug-likeness (QED) is 0.662. The Morgan fingerprint density at radius 3 is 2.29 bits per heavy atom. The van der Waals surface area contributed by atoms with Gasteiger partial charge in [0.25, 0.3) is 0 Å². The summed E-state index contributed by atoms with van der Waals surface area (Å²) in [6, 6.07) is 2.26. The molecule has 0 aliphatic rings. The average Bonchev–Trinajstić information content (AvgIpc) is 2.78. The fraction of sp³-hybridized carbons (Fsp3) is 0.769. The molecule has 0 N–H and O–H groups in total. The third-order valence-electron chi connectivity index (χ3n) is 3.45. The van der Waals surface area contributed by atoms with Gasteiger partial charge in [0.1, 0.15) is 0 Å². The molecule has 0 amide bonds. The highest BCUT2D eigenvalue weighted by molar-refractivity contribution is 9.09. The van der Waals surface area contributed by atoms with Gasteiger partial charge in [-0.15, -0.1) is 0 Å². The Morgan fingerprint density at radius 1 is 1.24 bits per heavy atom. The van der Waals surface area contributed by atoms with Crippen molar-refractivity contribution in [3.63, 3.8) is 0 Å². The standard InChI is InChI=1S/C13H22Br2N2/c1-4-11-7-12(17(6-3)16-11)8-13(5-2,9-14)10-15/h7H,4-6,8-10H2,1-3H3. The van der Waals surface area contributed by atoms with Crippen molar-refractivity contribution in [2.24, 2.45) is 5.41 Å². The Labute approximate surface area is 121 Å².